The van der Waals surface area contributed by atoms with Crippen molar-refractivity contribution in [1.29, 1.82) is 0 Å². The fourth-order valence-electron chi connectivity index (χ4n) is 2.84. The summed E-state index contributed by atoms with van der Waals surface area (Å²) in [7, 11) is 5.88. The lowest BCUT2D eigenvalue weighted by Gasteiger charge is -2.62. The number of anilines is 1. The van der Waals surface area contributed by atoms with Crippen LogP contribution in [0.4, 0.5) is 5.82 Å². The van der Waals surface area contributed by atoms with Crippen molar-refractivity contribution in [2.75, 3.05) is 32.6 Å². The third kappa shape index (κ3) is 2.76. The number of aromatic nitrogens is 1. The van der Waals surface area contributed by atoms with Gasteiger partial charge in [0.25, 0.3) is 0 Å². The van der Waals surface area contributed by atoms with Gasteiger partial charge in [0.2, 0.25) is 0 Å². The van der Waals surface area contributed by atoms with E-state index in [4.69, 9.17) is 0 Å². The number of nitrogens with zero attached hydrogens (tertiary/aromatic N) is 4. The van der Waals surface area contributed by atoms with Gasteiger partial charge in [-0.05, 0) is 19.9 Å². The van der Waals surface area contributed by atoms with E-state index in [2.05, 4.69) is 54.0 Å². The number of aliphatic imine (C=N–C) groups is 1. The summed E-state index contributed by atoms with van der Waals surface area (Å²) in [6, 6.07) is 4.08. The van der Waals surface area contributed by atoms with E-state index in [0.717, 1.165) is 24.9 Å². The quantitative estimate of drug-likeness (QED) is 0.687. The van der Waals surface area contributed by atoms with E-state index < -0.39 is 0 Å². The van der Waals surface area contributed by atoms with Gasteiger partial charge in [-0.2, -0.15) is 0 Å². The standard InChI is InChI=1S/C17H29N5/c1-16(2)12-22(17(16,3)4)15(18-5)20-11-13-9-8-10-19-14(13)21(6)7/h8-10H,11-12H2,1-7H3,(H,18,20). The third-order valence-corrected chi connectivity index (χ3v) is 5.08. The first-order chi connectivity index (χ1) is 10.2. The van der Waals surface area contributed by atoms with E-state index >= 15 is 0 Å². The second-order valence-corrected chi connectivity index (χ2v) is 7.31. The van der Waals surface area contributed by atoms with Crippen molar-refractivity contribution in [2.45, 2.75) is 39.8 Å². The largest absolute Gasteiger partial charge is 0.362 e. The van der Waals surface area contributed by atoms with Gasteiger partial charge in [-0.3, -0.25) is 4.99 Å². The Labute approximate surface area is 134 Å². The average molecular weight is 303 g/mol. The second-order valence-electron chi connectivity index (χ2n) is 7.31. The van der Waals surface area contributed by atoms with Crippen molar-refractivity contribution in [3.63, 3.8) is 0 Å². The predicted molar refractivity (Wildman–Crippen MR) is 93.3 cm³/mol. The topological polar surface area (TPSA) is 43.8 Å². The van der Waals surface area contributed by atoms with E-state index in [1.165, 1.54) is 5.56 Å². The molecule has 1 aromatic heterocycles. The Balaban J connectivity index is 2.08. The monoisotopic (exact) mass is 303 g/mol. The van der Waals surface area contributed by atoms with E-state index in [1.54, 1.807) is 0 Å². The highest BCUT2D eigenvalue weighted by atomic mass is 15.4. The van der Waals surface area contributed by atoms with Crippen molar-refractivity contribution in [1.82, 2.24) is 15.2 Å². The summed E-state index contributed by atoms with van der Waals surface area (Å²) >= 11 is 0. The third-order valence-electron chi connectivity index (χ3n) is 5.08. The van der Waals surface area contributed by atoms with Crippen LogP contribution in [0, 0.1) is 5.41 Å². The maximum Gasteiger partial charge on any atom is 0.194 e. The summed E-state index contributed by atoms with van der Waals surface area (Å²) < 4.78 is 0. The van der Waals surface area contributed by atoms with Crippen LogP contribution in [0.3, 0.4) is 0 Å². The first kappa shape index (κ1) is 16.6. The van der Waals surface area contributed by atoms with Gasteiger partial charge in [0.1, 0.15) is 5.82 Å². The van der Waals surface area contributed by atoms with Gasteiger partial charge in [0.15, 0.2) is 5.96 Å². The molecule has 1 aromatic rings. The van der Waals surface area contributed by atoms with Crippen molar-refractivity contribution in [3.05, 3.63) is 23.9 Å². The van der Waals surface area contributed by atoms with Gasteiger partial charge >= 0.3 is 0 Å². The molecular weight excluding hydrogens is 274 g/mol. The summed E-state index contributed by atoms with van der Waals surface area (Å²) in [5, 5.41) is 3.49. The van der Waals surface area contributed by atoms with Crippen LogP contribution in [0.5, 0.6) is 0 Å². The molecule has 0 amide bonds. The number of nitrogens with one attached hydrogen (secondary N) is 1. The molecule has 1 aliphatic heterocycles. The molecule has 0 bridgehead atoms. The SMILES string of the molecule is CN=C(NCc1cccnc1N(C)C)N1CC(C)(C)C1(C)C. The Morgan fingerprint density at radius 2 is 2.05 bits per heavy atom. The van der Waals surface area contributed by atoms with E-state index in [1.807, 2.05) is 38.3 Å². The minimum Gasteiger partial charge on any atom is -0.362 e. The van der Waals surface area contributed by atoms with Crippen LogP contribution in [0.15, 0.2) is 23.3 Å². The first-order valence-electron chi connectivity index (χ1n) is 7.80. The second kappa shape index (κ2) is 5.78. The summed E-state index contributed by atoms with van der Waals surface area (Å²) in [5.41, 5.74) is 1.58. The van der Waals surface area contributed by atoms with Gasteiger partial charge in [0.05, 0.1) is 0 Å². The fraction of sp³-hybridized carbons (Fsp3) is 0.647. The smallest absolute Gasteiger partial charge is 0.194 e. The number of guanidine groups is 1. The molecule has 2 heterocycles. The van der Waals surface area contributed by atoms with Gasteiger partial charge in [-0.1, -0.05) is 19.9 Å². The molecule has 0 saturated carbocycles. The summed E-state index contributed by atoms with van der Waals surface area (Å²) in [4.78, 5) is 13.3. The molecule has 1 fully saturated rings. The number of rotatable bonds is 3. The van der Waals surface area contributed by atoms with Crippen molar-refractivity contribution in [3.8, 4) is 0 Å². The van der Waals surface area contributed by atoms with Gasteiger partial charge in [-0.25, -0.2) is 4.98 Å². The van der Waals surface area contributed by atoms with Crippen LogP contribution < -0.4 is 10.2 Å². The van der Waals surface area contributed by atoms with Crippen LogP contribution in [0.25, 0.3) is 0 Å². The van der Waals surface area contributed by atoms with Crippen LogP contribution in [-0.4, -0.2) is 49.1 Å². The summed E-state index contributed by atoms with van der Waals surface area (Å²) in [6.07, 6.45) is 1.83. The molecule has 0 aliphatic carbocycles. The molecule has 0 atom stereocenters. The molecule has 122 valence electrons. The predicted octanol–water partition coefficient (Wildman–Crippen LogP) is 2.34. The van der Waals surface area contributed by atoms with E-state index in [0.29, 0.717) is 5.41 Å². The highest BCUT2D eigenvalue weighted by Gasteiger charge is 2.53. The number of hydrogen-bond acceptors (Lipinski definition) is 3. The Bertz CT molecular complexity index is 560. The van der Waals surface area contributed by atoms with E-state index in [-0.39, 0.29) is 5.54 Å². The maximum absolute atomic E-state index is 4.46. The molecule has 5 nitrogen and oxygen atoms in total. The Kier molecular flexibility index (Phi) is 4.36. The molecule has 2 rings (SSSR count). The lowest BCUT2D eigenvalue weighted by Crippen LogP contribution is -2.72. The Morgan fingerprint density at radius 3 is 2.55 bits per heavy atom. The zero-order chi connectivity index (χ0) is 16.5. The zero-order valence-corrected chi connectivity index (χ0v) is 14.9. The molecule has 0 spiro atoms. The molecule has 1 saturated heterocycles. The van der Waals surface area contributed by atoms with E-state index in [9.17, 15) is 0 Å². The highest BCUT2D eigenvalue weighted by Crippen LogP contribution is 2.46. The van der Waals surface area contributed by atoms with Gasteiger partial charge < -0.3 is 15.1 Å². The van der Waals surface area contributed by atoms with Gasteiger partial charge in [-0.15, -0.1) is 0 Å². The summed E-state index contributed by atoms with van der Waals surface area (Å²) in [5.74, 6) is 1.95. The van der Waals surface area contributed by atoms with Crippen LogP contribution in [0.2, 0.25) is 0 Å². The van der Waals surface area contributed by atoms with Crippen molar-refractivity contribution in [2.24, 2.45) is 10.4 Å². The number of hydrogen-bond donors (Lipinski definition) is 1. The van der Waals surface area contributed by atoms with Crippen molar-refractivity contribution < 1.29 is 0 Å². The lowest BCUT2D eigenvalue weighted by molar-refractivity contribution is -0.0667. The lowest BCUT2D eigenvalue weighted by atomic mass is 9.65. The molecule has 5 heteroatoms. The molecule has 0 aromatic carbocycles. The maximum atomic E-state index is 4.46. The first-order valence-corrected chi connectivity index (χ1v) is 7.80. The Morgan fingerprint density at radius 1 is 1.36 bits per heavy atom. The molecule has 0 unspecified atom stereocenters. The molecule has 1 aliphatic rings. The minimum atomic E-state index is 0.105. The average Bonchev–Trinajstić information content (AvgIpc) is 2.46. The molecule has 0 radical (unpaired) electrons. The molecule has 1 N–H and O–H groups in total. The number of likely N-dealkylation sites (tertiary alicyclic amines) is 1. The van der Waals surface area contributed by atoms with Crippen molar-refractivity contribution >= 4 is 11.8 Å². The van der Waals surface area contributed by atoms with Gasteiger partial charge in [0, 0.05) is 56.9 Å². The highest BCUT2D eigenvalue weighted by molar-refractivity contribution is 5.82. The fourth-order valence-corrected chi connectivity index (χ4v) is 2.84. The minimum absolute atomic E-state index is 0.105. The normalized spacial score (nSPS) is 19.6. The van der Waals surface area contributed by atoms with Crippen LogP contribution in [0.1, 0.15) is 33.3 Å². The molecular formula is C17H29N5. The summed E-state index contributed by atoms with van der Waals surface area (Å²) in [6.45, 7) is 10.9. The number of pyridine rings is 1. The zero-order valence-electron chi connectivity index (χ0n) is 14.9. The van der Waals surface area contributed by atoms with Crippen LogP contribution in [-0.2, 0) is 6.54 Å². The van der Waals surface area contributed by atoms with Crippen LogP contribution >= 0.6 is 0 Å². The molecule has 22 heavy (non-hydrogen) atoms. The Hall–Kier alpha value is -1.78.